The van der Waals surface area contributed by atoms with Crippen molar-refractivity contribution in [2.24, 2.45) is 0 Å². The summed E-state index contributed by atoms with van der Waals surface area (Å²) in [6.07, 6.45) is 4.95. The highest BCUT2D eigenvalue weighted by Gasteiger charge is 1.99. The summed E-state index contributed by atoms with van der Waals surface area (Å²) >= 11 is 0. The Labute approximate surface area is 152 Å². The molecule has 136 valence electrons. The highest BCUT2D eigenvalue weighted by atomic mass is 16.5. The number of hydrogen-bond acceptors (Lipinski definition) is 3. The van der Waals surface area contributed by atoms with Gasteiger partial charge in [-0.15, -0.1) is 0 Å². The molecule has 0 unspecified atom stereocenters. The van der Waals surface area contributed by atoms with Crippen LogP contribution in [-0.4, -0.2) is 19.7 Å². The zero-order chi connectivity index (χ0) is 17.9. The van der Waals surface area contributed by atoms with Crippen LogP contribution in [0.4, 0.5) is 11.4 Å². The van der Waals surface area contributed by atoms with Crippen molar-refractivity contribution in [2.45, 2.75) is 46.5 Å². The van der Waals surface area contributed by atoms with Crippen LogP contribution in [0.15, 0.2) is 42.5 Å². The smallest absolute Gasteiger partial charge is 0.119 e. The van der Waals surface area contributed by atoms with E-state index in [9.17, 15) is 0 Å². The van der Waals surface area contributed by atoms with Crippen molar-refractivity contribution in [2.75, 3.05) is 30.3 Å². The molecule has 0 atom stereocenters. The lowest BCUT2D eigenvalue weighted by Gasteiger charge is -2.12. The lowest BCUT2D eigenvalue weighted by atomic mass is 10.1. The zero-order valence-electron chi connectivity index (χ0n) is 15.9. The van der Waals surface area contributed by atoms with Crippen molar-refractivity contribution in [1.29, 1.82) is 0 Å². The highest BCUT2D eigenvalue weighted by molar-refractivity contribution is 5.53. The molecule has 3 nitrogen and oxygen atoms in total. The van der Waals surface area contributed by atoms with Gasteiger partial charge in [0.15, 0.2) is 0 Å². The molecule has 0 bridgehead atoms. The molecule has 2 rings (SSSR count). The van der Waals surface area contributed by atoms with Crippen molar-refractivity contribution < 1.29 is 4.74 Å². The third-order valence-electron chi connectivity index (χ3n) is 4.28. The van der Waals surface area contributed by atoms with E-state index in [1.807, 2.05) is 12.1 Å². The maximum atomic E-state index is 5.78. The second-order valence-corrected chi connectivity index (χ2v) is 6.61. The summed E-state index contributed by atoms with van der Waals surface area (Å²) in [5.74, 6) is 0.954. The maximum Gasteiger partial charge on any atom is 0.119 e. The molecule has 2 aromatic carbocycles. The Balaban J connectivity index is 1.66. The lowest BCUT2D eigenvalue weighted by molar-refractivity contribution is 0.305. The van der Waals surface area contributed by atoms with Crippen LogP contribution in [0.5, 0.6) is 5.75 Å². The molecule has 3 heteroatoms. The molecular weight excluding hydrogens is 308 g/mol. The van der Waals surface area contributed by atoms with Crippen LogP contribution in [0.2, 0.25) is 0 Å². The van der Waals surface area contributed by atoms with Crippen LogP contribution >= 0.6 is 0 Å². The number of unbranched alkanes of at least 4 members (excludes halogenated alkanes) is 3. The fourth-order valence-corrected chi connectivity index (χ4v) is 2.72. The number of hydrogen-bond donors (Lipinski definition) is 2. The molecule has 0 fully saturated rings. The standard InChI is InChI=1S/C22H32N2O/c1-4-5-6-7-16-25-21-12-10-20(11-13-21)23-14-15-24-22-17-18(2)8-9-19(22)3/h8-13,17,23-24H,4-7,14-16H2,1-3H3. The van der Waals surface area contributed by atoms with Gasteiger partial charge in [-0.1, -0.05) is 38.3 Å². The first-order valence-corrected chi connectivity index (χ1v) is 9.47. The van der Waals surface area contributed by atoms with E-state index >= 15 is 0 Å². The number of rotatable bonds is 11. The van der Waals surface area contributed by atoms with Gasteiger partial charge in [0.05, 0.1) is 6.61 Å². The quantitative estimate of drug-likeness (QED) is 0.508. The van der Waals surface area contributed by atoms with E-state index in [2.05, 4.69) is 61.7 Å². The Hall–Kier alpha value is -2.16. The minimum atomic E-state index is 0.812. The van der Waals surface area contributed by atoms with E-state index in [1.165, 1.54) is 36.1 Å². The zero-order valence-corrected chi connectivity index (χ0v) is 15.9. The van der Waals surface area contributed by atoms with E-state index < -0.39 is 0 Å². The third kappa shape index (κ3) is 7.08. The molecule has 0 saturated carbocycles. The minimum absolute atomic E-state index is 0.812. The van der Waals surface area contributed by atoms with Gasteiger partial charge < -0.3 is 15.4 Å². The third-order valence-corrected chi connectivity index (χ3v) is 4.28. The molecule has 0 heterocycles. The summed E-state index contributed by atoms with van der Waals surface area (Å²) in [6, 6.07) is 14.7. The normalized spacial score (nSPS) is 10.5. The predicted octanol–water partition coefficient (Wildman–Crippen LogP) is 5.79. The van der Waals surface area contributed by atoms with Gasteiger partial charge in [0, 0.05) is 24.5 Å². The van der Waals surface area contributed by atoms with E-state index in [-0.39, 0.29) is 0 Å². The molecule has 0 spiro atoms. The first-order chi connectivity index (χ1) is 12.2. The van der Waals surface area contributed by atoms with E-state index in [0.717, 1.165) is 37.6 Å². The van der Waals surface area contributed by atoms with Crippen LogP contribution in [-0.2, 0) is 0 Å². The van der Waals surface area contributed by atoms with Crippen LogP contribution < -0.4 is 15.4 Å². The molecule has 0 aliphatic heterocycles. The molecule has 0 aliphatic rings. The van der Waals surface area contributed by atoms with Crippen molar-refractivity contribution in [3.05, 3.63) is 53.6 Å². The molecule has 0 aromatic heterocycles. The summed E-state index contributed by atoms with van der Waals surface area (Å²) < 4.78 is 5.78. The number of nitrogens with one attached hydrogen (secondary N) is 2. The van der Waals surface area contributed by atoms with Crippen molar-refractivity contribution in [3.63, 3.8) is 0 Å². The van der Waals surface area contributed by atoms with E-state index in [1.54, 1.807) is 0 Å². The van der Waals surface area contributed by atoms with Gasteiger partial charge in [0.1, 0.15) is 5.75 Å². The Kier molecular flexibility index (Phi) is 8.17. The predicted molar refractivity (Wildman–Crippen MR) is 109 cm³/mol. The first kappa shape index (κ1) is 19.2. The number of benzene rings is 2. The summed E-state index contributed by atoms with van der Waals surface area (Å²) in [5, 5.41) is 6.93. The number of ether oxygens (including phenoxy) is 1. The molecule has 2 aromatic rings. The largest absolute Gasteiger partial charge is 0.494 e. The van der Waals surface area contributed by atoms with Gasteiger partial charge in [-0.3, -0.25) is 0 Å². The van der Waals surface area contributed by atoms with Gasteiger partial charge in [-0.25, -0.2) is 0 Å². The number of aryl methyl sites for hydroxylation is 2. The molecule has 0 aliphatic carbocycles. The maximum absolute atomic E-state index is 5.78. The Bertz CT molecular complexity index is 622. The van der Waals surface area contributed by atoms with E-state index in [0.29, 0.717) is 0 Å². The van der Waals surface area contributed by atoms with Crippen molar-refractivity contribution >= 4 is 11.4 Å². The highest BCUT2D eigenvalue weighted by Crippen LogP contribution is 2.17. The molecular formula is C22H32N2O. The van der Waals surface area contributed by atoms with Crippen LogP contribution in [0, 0.1) is 13.8 Å². The monoisotopic (exact) mass is 340 g/mol. The summed E-state index contributed by atoms with van der Waals surface area (Å²) in [7, 11) is 0. The summed E-state index contributed by atoms with van der Waals surface area (Å²) in [6.45, 7) is 9.06. The second kappa shape index (κ2) is 10.7. The average Bonchev–Trinajstić information content (AvgIpc) is 2.62. The topological polar surface area (TPSA) is 33.3 Å². The first-order valence-electron chi connectivity index (χ1n) is 9.47. The van der Waals surface area contributed by atoms with Crippen molar-refractivity contribution in [3.8, 4) is 5.75 Å². The molecule has 25 heavy (non-hydrogen) atoms. The minimum Gasteiger partial charge on any atom is -0.494 e. The Morgan fingerprint density at radius 3 is 2.36 bits per heavy atom. The molecule has 2 N–H and O–H groups in total. The molecule has 0 amide bonds. The van der Waals surface area contributed by atoms with Crippen LogP contribution in [0.1, 0.15) is 43.7 Å². The fraction of sp³-hybridized carbons (Fsp3) is 0.455. The van der Waals surface area contributed by atoms with Gasteiger partial charge in [-0.2, -0.15) is 0 Å². The van der Waals surface area contributed by atoms with Gasteiger partial charge in [-0.05, 0) is 61.7 Å². The van der Waals surface area contributed by atoms with Crippen LogP contribution in [0.3, 0.4) is 0 Å². The average molecular weight is 341 g/mol. The second-order valence-electron chi connectivity index (χ2n) is 6.61. The van der Waals surface area contributed by atoms with Crippen LogP contribution in [0.25, 0.3) is 0 Å². The Morgan fingerprint density at radius 2 is 1.60 bits per heavy atom. The number of anilines is 2. The SMILES string of the molecule is CCCCCCOc1ccc(NCCNc2cc(C)ccc2C)cc1. The fourth-order valence-electron chi connectivity index (χ4n) is 2.72. The van der Waals surface area contributed by atoms with Gasteiger partial charge in [0.2, 0.25) is 0 Å². The summed E-state index contributed by atoms with van der Waals surface area (Å²) in [4.78, 5) is 0. The molecule has 0 saturated heterocycles. The van der Waals surface area contributed by atoms with Gasteiger partial charge in [0.25, 0.3) is 0 Å². The molecule has 0 radical (unpaired) electrons. The van der Waals surface area contributed by atoms with Gasteiger partial charge >= 0.3 is 0 Å². The van der Waals surface area contributed by atoms with Crippen molar-refractivity contribution in [1.82, 2.24) is 0 Å². The van der Waals surface area contributed by atoms with E-state index in [4.69, 9.17) is 4.74 Å². The Morgan fingerprint density at radius 1 is 0.840 bits per heavy atom. The summed E-state index contributed by atoms with van der Waals surface area (Å²) in [5.41, 5.74) is 4.91. The lowest BCUT2D eigenvalue weighted by Crippen LogP contribution is -2.14.